The van der Waals surface area contributed by atoms with Crippen molar-refractivity contribution in [1.82, 2.24) is 19.4 Å². The number of hydrogen-bond acceptors (Lipinski definition) is 4. The van der Waals surface area contributed by atoms with E-state index in [1.54, 1.807) is 18.7 Å². The van der Waals surface area contributed by atoms with Crippen molar-refractivity contribution in [3.05, 3.63) is 78.6 Å². The highest BCUT2D eigenvalue weighted by molar-refractivity contribution is 5.34. The normalized spacial score (nSPS) is 11.0. The van der Waals surface area contributed by atoms with E-state index in [4.69, 9.17) is 0 Å². The molecule has 3 aromatic rings. The van der Waals surface area contributed by atoms with Gasteiger partial charge in [-0.25, -0.2) is 4.98 Å². The first-order valence-electron chi connectivity index (χ1n) is 7.64. The van der Waals surface area contributed by atoms with Crippen molar-refractivity contribution in [3.63, 3.8) is 0 Å². The van der Waals surface area contributed by atoms with Gasteiger partial charge in [-0.1, -0.05) is 18.2 Å². The number of aliphatic hydroxyl groups is 1. The molecule has 3 rings (SSSR count). The maximum atomic E-state index is 9.29. The van der Waals surface area contributed by atoms with Gasteiger partial charge in [-0.3, -0.25) is 9.88 Å². The van der Waals surface area contributed by atoms with Crippen molar-refractivity contribution in [2.24, 2.45) is 0 Å². The fourth-order valence-electron chi connectivity index (χ4n) is 2.55. The molecule has 0 radical (unpaired) electrons. The van der Waals surface area contributed by atoms with Crippen LogP contribution in [-0.4, -0.2) is 37.7 Å². The minimum atomic E-state index is 0.146. The maximum absolute atomic E-state index is 9.29. The fraction of sp³-hybridized carbons (Fsp3) is 0.222. The molecular weight excluding hydrogens is 288 g/mol. The molecule has 0 atom stereocenters. The Balaban J connectivity index is 1.67. The van der Waals surface area contributed by atoms with Crippen LogP contribution in [0.1, 0.15) is 11.1 Å². The Morgan fingerprint density at radius 3 is 2.43 bits per heavy atom. The first-order chi connectivity index (χ1) is 11.3. The predicted octanol–water partition coefficient (Wildman–Crippen LogP) is 2.26. The van der Waals surface area contributed by atoms with Gasteiger partial charge < -0.3 is 9.67 Å². The van der Waals surface area contributed by atoms with E-state index in [-0.39, 0.29) is 6.61 Å². The van der Waals surface area contributed by atoms with Gasteiger partial charge in [0, 0.05) is 50.1 Å². The third kappa shape index (κ3) is 4.25. The molecule has 118 valence electrons. The van der Waals surface area contributed by atoms with Crippen LogP contribution in [0.15, 0.2) is 67.5 Å². The fourth-order valence-corrected chi connectivity index (χ4v) is 2.55. The molecule has 0 bridgehead atoms. The van der Waals surface area contributed by atoms with Gasteiger partial charge in [-0.2, -0.15) is 0 Å². The van der Waals surface area contributed by atoms with Crippen LogP contribution in [0.2, 0.25) is 0 Å². The Morgan fingerprint density at radius 1 is 0.957 bits per heavy atom. The first kappa shape index (κ1) is 15.4. The molecule has 0 amide bonds. The van der Waals surface area contributed by atoms with Crippen LogP contribution in [0.3, 0.4) is 0 Å². The molecule has 2 heterocycles. The van der Waals surface area contributed by atoms with Gasteiger partial charge in [0.25, 0.3) is 0 Å². The SMILES string of the molecule is OCCN(Cc1ccc(-n2ccnc2)cc1)Cc1cccnc1. The summed E-state index contributed by atoms with van der Waals surface area (Å²) in [6.07, 6.45) is 9.12. The van der Waals surface area contributed by atoms with Crippen LogP contribution in [-0.2, 0) is 13.1 Å². The molecule has 0 aliphatic rings. The molecule has 5 heteroatoms. The lowest BCUT2D eigenvalue weighted by Crippen LogP contribution is -2.26. The van der Waals surface area contributed by atoms with Crippen LogP contribution in [0, 0.1) is 0 Å². The topological polar surface area (TPSA) is 54.2 Å². The third-order valence-electron chi connectivity index (χ3n) is 3.69. The largest absolute Gasteiger partial charge is 0.395 e. The Kier molecular flexibility index (Phi) is 5.13. The molecule has 0 aliphatic carbocycles. The van der Waals surface area contributed by atoms with Crippen LogP contribution in [0.4, 0.5) is 0 Å². The van der Waals surface area contributed by atoms with E-state index in [0.29, 0.717) is 6.54 Å². The minimum absolute atomic E-state index is 0.146. The highest BCUT2D eigenvalue weighted by Gasteiger charge is 2.07. The molecule has 2 aromatic heterocycles. The zero-order valence-corrected chi connectivity index (χ0v) is 12.9. The number of aliphatic hydroxyl groups excluding tert-OH is 1. The van der Waals surface area contributed by atoms with E-state index < -0.39 is 0 Å². The zero-order chi connectivity index (χ0) is 15.9. The lowest BCUT2D eigenvalue weighted by atomic mass is 10.1. The molecule has 0 fully saturated rings. The molecule has 5 nitrogen and oxygen atoms in total. The summed E-state index contributed by atoms with van der Waals surface area (Å²) >= 11 is 0. The Labute approximate surface area is 135 Å². The summed E-state index contributed by atoms with van der Waals surface area (Å²) in [5.41, 5.74) is 3.45. The van der Waals surface area contributed by atoms with Crippen molar-refractivity contribution >= 4 is 0 Å². The summed E-state index contributed by atoms with van der Waals surface area (Å²) < 4.78 is 1.98. The van der Waals surface area contributed by atoms with Gasteiger partial charge >= 0.3 is 0 Å². The first-order valence-corrected chi connectivity index (χ1v) is 7.64. The average molecular weight is 308 g/mol. The van der Waals surface area contributed by atoms with Crippen molar-refractivity contribution in [1.29, 1.82) is 0 Å². The summed E-state index contributed by atoms with van der Waals surface area (Å²) in [5.74, 6) is 0. The summed E-state index contributed by atoms with van der Waals surface area (Å²) in [5, 5.41) is 9.29. The highest BCUT2D eigenvalue weighted by atomic mass is 16.3. The maximum Gasteiger partial charge on any atom is 0.0991 e. The zero-order valence-electron chi connectivity index (χ0n) is 12.9. The predicted molar refractivity (Wildman–Crippen MR) is 89.0 cm³/mol. The quantitative estimate of drug-likeness (QED) is 0.727. The van der Waals surface area contributed by atoms with Crippen molar-refractivity contribution in [2.75, 3.05) is 13.2 Å². The van der Waals surface area contributed by atoms with E-state index >= 15 is 0 Å². The van der Waals surface area contributed by atoms with Crippen LogP contribution < -0.4 is 0 Å². The Bertz CT molecular complexity index is 696. The standard InChI is InChI=1S/C18H20N4O/c23-11-10-21(14-17-2-1-7-19-12-17)13-16-3-5-18(6-4-16)22-9-8-20-15-22/h1-9,12,15,23H,10-11,13-14H2. The molecule has 1 aromatic carbocycles. The number of pyridine rings is 1. The molecular formula is C18H20N4O. The van der Waals surface area contributed by atoms with Crippen molar-refractivity contribution in [3.8, 4) is 5.69 Å². The van der Waals surface area contributed by atoms with E-state index in [9.17, 15) is 5.11 Å². The summed E-state index contributed by atoms with van der Waals surface area (Å²) in [7, 11) is 0. The summed E-state index contributed by atoms with van der Waals surface area (Å²) in [6.45, 7) is 2.35. The van der Waals surface area contributed by atoms with E-state index in [1.165, 1.54) is 5.56 Å². The van der Waals surface area contributed by atoms with Gasteiger partial charge in [0.15, 0.2) is 0 Å². The molecule has 0 unspecified atom stereocenters. The molecule has 0 spiro atoms. The van der Waals surface area contributed by atoms with Crippen molar-refractivity contribution in [2.45, 2.75) is 13.1 Å². The van der Waals surface area contributed by atoms with E-state index in [1.807, 2.05) is 23.0 Å². The smallest absolute Gasteiger partial charge is 0.0991 e. The van der Waals surface area contributed by atoms with Crippen LogP contribution in [0.5, 0.6) is 0 Å². The molecule has 23 heavy (non-hydrogen) atoms. The second-order valence-corrected chi connectivity index (χ2v) is 5.43. The lowest BCUT2D eigenvalue weighted by Gasteiger charge is -2.21. The van der Waals surface area contributed by atoms with Crippen LogP contribution >= 0.6 is 0 Å². The van der Waals surface area contributed by atoms with Gasteiger partial charge in [0.2, 0.25) is 0 Å². The highest BCUT2D eigenvalue weighted by Crippen LogP contribution is 2.13. The molecule has 0 aliphatic heterocycles. The lowest BCUT2D eigenvalue weighted by molar-refractivity contribution is 0.184. The molecule has 0 saturated heterocycles. The number of rotatable bonds is 7. The number of benzene rings is 1. The van der Waals surface area contributed by atoms with Gasteiger partial charge in [-0.15, -0.1) is 0 Å². The second kappa shape index (κ2) is 7.67. The Morgan fingerprint density at radius 2 is 1.78 bits per heavy atom. The van der Waals surface area contributed by atoms with Gasteiger partial charge in [0.1, 0.15) is 0 Å². The van der Waals surface area contributed by atoms with Crippen LogP contribution in [0.25, 0.3) is 5.69 Å². The number of nitrogens with zero attached hydrogens (tertiary/aromatic N) is 4. The summed E-state index contributed by atoms with van der Waals surface area (Å²) in [4.78, 5) is 10.4. The summed E-state index contributed by atoms with van der Waals surface area (Å²) in [6, 6.07) is 12.4. The van der Waals surface area contributed by atoms with Gasteiger partial charge in [-0.05, 0) is 29.3 Å². The number of imidazole rings is 1. The third-order valence-corrected chi connectivity index (χ3v) is 3.69. The van der Waals surface area contributed by atoms with Crippen molar-refractivity contribution < 1.29 is 5.11 Å². The molecule has 1 N–H and O–H groups in total. The van der Waals surface area contributed by atoms with E-state index in [0.717, 1.165) is 24.3 Å². The minimum Gasteiger partial charge on any atom is -0.395 e. The number of hydrogen-bond donors (Lipinski definition) is 1. The van der Waals surface area contributed by atoms with Gasteiger partial charge in [0.05, 0.1) is 12.9 Å². The number of aromatic nitrogens is 3. The average Bonchev–Trinajstić information content (AvgIpc) is 3.11. The van der Waals surface area contributed by atoms with E-state index in [2.05, 4.69) is 45.2 Å². The second-order valence-electron chi connectivity index (χ2n) is 5.43. The monoisotopic (exact) mass is 308 g/mol. The molecule has 0 saturated carbocycles. The Hall–Kier alpha value is -2.50.